The molecule has 0 aromatic carbocycles. The van der Waals surface area contributed by atoms with Crippen LogP contribution in [0.2, 0.25) is 0 Å². The number of carbonyl (C=O) groups is 1. The zero-order chi connectivity index (χ0) is 15.4. The number of hydrogen-bond acceptors (Lipinski definition) is 8. The van der Waals surface area contributed by atoms with Crippen molar-refractivity contribution < 1.29 is 4.79 Å². The minimum absolute atomic E-state index is 0.0498. The molecule has 2 aromatic rings. The quantitative estimate of drug-likeness (QED) is 0.749. The molecule has 10 nitrogen and oxygen atoms in total. The van der Waals surface area contributed by atoms with Gasteiger partial charge < -0.3 is 15.1 Å². The van der Waals surface area contributed by atoms with E-state index in [1.165, 1.54) is 22.2 Å². The van der Waals surface area contributed by atoms with Crippen LogP contribution in [0.5, 0.6) is 0 Å². The molecule has 112 valence electrons. The van der Waals surface area contributed by atoms with Gasteiger partial charge in [-0.1, -0.05) is 0 Å². The first kappa shape index (κ1) is 14.6. The summed E-state index contributed by atoms with van der Waals surface area (Å²) >= 11 is 0. The number of likely N-dealkylation sites (N-methyl/N-ethyl adjacent to an activating group) is 2. The van der Waals surface area contributed by atoms with E-state index in [2.05, 4.69) is 30.4 Å². The lowest BCUT2D eigenvalue weighted by molar-refractivity contribution is -0.127. The summed E-state index contributed by atoms with van der Waals surface area (Å²) in [5.41, 5.74) is 0. The van der Waals surface area contributed by atoms with Crippen molar-refractivity contribution in [2.45, 2.75) is 0 Å². The molecule has 1 amide bonds. The Morgan fingerprint density at radius 2 is 2.05 bits per heavy atom. The van der Waals surface area contributed by atoms with Gasteiger partial charge in [-0.2, -0.15) is 24.7 Å². The Labute approximate surface area is 121 Å². The number of hydrogen-bond donors (Lipinski definition) is 1. The lowest BCUT2D eigenvalue weighted by atomic mass is 10.5. The molecule has 0 aliphatic heterocycles. The third-order valence-corrected chi connectivity index (χ3v) is 2.67. The molecule has 0 radical (unpaired) electrons. The second kappa shape index (κ2) is 6.11. The number of rotatable bonds is 5. The molecule has 21 heavy (non-hydrogen) atoms. The normalized spacial score (nSPS) is 10.3. The molecule has 0 unspecified atom stereocenters. The molecule has 0 saturated carbocycles. The van der Waals surface area contributed by atoms with Crippen LogP contribution in [0, 0.1) is 0 Å². The van der Waals surface area contributed by atoms with E-state index in [0.717, 1.165) is 0 Å². The van der Waals surface area contributed by atoms with Crippen molar-refractivity contribution in [3.63, 3.8) is 0 Å². The molecule has 2 aromatic heterocycles. The predicted octanol–water partition coefficient (Wildman–Crippen LogP) is -0.982. The molecule has 0 fully saturated rings. The van der Waals surface area contributed by atoms with Crippen molar-refractivity contribution in [3.05, 3.63) is 12.7 Å². The van der Waals surface area contributed by atoms with Crippen LogP contribution in [0.3, 0.4) is 0 Å². The molecular weight excluding hydrogens is 274 g/mol. The Morgan fingerprint density at radius 3 is 2.62 bits per heavy atom. The number of carbonyl (C=O) groups excluding carboxylic acids is 1. The standard InChI is InChI=1S/C11H17N9O/c1-12-9-15-10(19(4)5-8(21)18(2)3)17-11(16-9)20-7-13-6-14-20/h6-7H,5H2,1-4H3,(H,12,15,16,17). The van der Waals surface area contributed by atoms with Crippen molar-refractivity contribution in [3.8, 4) is 5.95 Å². The van der Waals surface area contributed by atoms with Gasteiger partial charge in [0.2, 0.25) is 17.8 Å². The van der Waals surface area contributed by atoms with Crippen molar-refractivity contribution in [2.24, 2.45) is 0 Å². The van der Waals surface area contributed by atoms with Gasteiger partial charge in [0.15, 0.2) is 0 Å². The summed E-state index contributed by atoms with van der Waals surface area (Å²) in [7, 11) is 6.84. The minimum Gasteiger partial charge on any atom is -0.357 e. The van der Waals surface area contributed by atoms with Gasteiger partial charge in [0.1, 0.15) is 12.7 Å². The fourth-order valence-corrected chi connectivity index (χ4v) is 1.47. The van der Waals surface area contributed by atoms with E-state index in [9.17, 15) is 4.79 Å². The van der Waals surface area contributed by atoms with E-state index >= 15 is 0 Å². The van der Waals surface area contributed by atoms with Gasteiger partial charge in [-0.15, -0.1) is 0 Å². The van der Waals surface area contributed by atoms with Gasteiger partial charge in [0.25, 0.3) is 5.95 Å². The Balaban J connectivity index is 2.30. The zero-order valence-electron chi connectivity index (χ0n) is 12.3. The van der Waals surface area contributed by atoms with E-state index in [4.69, 9.17) is 0 Å². The topological polar surface area (TPSA) is 105 Å². The average Bonchev–Trinajstić information content (AvgIpc) is 3.00. The molecule has 10 heteroatoms. The zero-order valence-corrected chi connectivity index (χ0v) is 12.3. The highest BCUT2D eigenvalue weighted by atomic mass is 16.2. The summed E-state index contributed by atoms with van der Waals surface area (Å²) < 4.78 is 1.42. The monoisotopic (exact) mass is 291 g/mol. The van der Waals surface area contributed by atoms with Gasteiger partial charge in [0, 0.05) is 28.2 Å². The second-order valence-corrected chi connectivity index (χ2v) is 4.49. The molecule has 0 bridgehead atoms. The molecule has 0 atom stereocenters. The second-order valence-electron chi connectivity index (χ2n) is 4.49. The van der Waals surface area contributed by atoms with Crippen molar-refractivity contribution >= 4 is 17.8 Å². The van der Waals surface area contributed by atoms with Crippen LogP contribution in [-0.2, 0) is 4.79 Å². The Bertz CT molecular complexity index is 610. The maximum atomic E-state index is 11.8. The number of anilines is 2. The van der Waals surface area contributed by atoms with Crippen LogP contribution in [0.4, 0.5) is 11.9 Å². The van der Waals surface area contributed by atoms with Crippen LogP contribution >= 0.6 is 0 Å². The van der Waals surface area contributed by atoms with Crippen molar-refractivity contribution in [1.82, 2.24) is 34.6 Å². The van der Waals surface area contributed by atoms with E-state index in [1.807, 2.05) is 0 Å². The molecule has 1 N–H and O–H groups in total. The lowest BCUT2D eigenvalue weighted by Crippen LogP contribution is -2.35. The molecule has 0 spiro atoms. The summed E-state index contributed by atoms with van der Waals surface area (Å²) in [6, 6.07) is 0. The lowest BCUT2D eigenvalue weighted by Gasteiger charge is -2.19. The number of nitrogens with one attached hydrogen (secondary N) is 1. The smallest absolute Gasteiger partial charge is 0.258 e. The van der Waals surface area contributed by atoms with Crippen LogP contribution in [-0.4, -0.2) is 75.3 Å². The van der Waals surface area contributed by atoms with Gasteiger partial charge >= 0.3 is 0 Å². The number of aromatic nitrogens is 6. The average molecular weight is 291 g/mol. The highest BCUT2D eigenvalue weighted by Gasteiger charge is 2.15. The predicted molar refractivity (Wildman–Crippen MR) is 76.3 cm³/mol. The van der Waals surface area contributed by atoms with Gasteiger partial charge in [-0.05, 0) is 0 Å². The first-order chi connectivity index (χ1) is 10.0. The summed E-state index contributed by atoms with van der Waals surface area (Å²) in [4.78, 5) is 31.5. The molecule has 0 aliphatic rings. The number of amides is 1. The van der Waals surface area contributed by atoms with Crippen LogP contribution in [0.1, 0.15) is 0 Å². The largest absolute Gasteiger partial charge is 0.357 e. The van der Waals surface area contributed by atoms with E-state index in [-0.39, 0.29) is 12.5 Å². The van der Waals surface area contributed by atoms with Crippen molar-refractivity contribution in [1.29, 1.82) is 0 Å². The van der Waals surface area contributed by atoms with E-state index in [1.54, 1.807) is 33.1 Å². The summed E-state index contributed by atoms with van der Waals surface area (Å²) in [6.07, 6.45) is 2.88. The minimum atomic E-state index is -0.0498. The fourth-order valence-electron chi connectivity index (χ4n) is 1.47. The highest BCUT2D eigenvalue weighted by Crippen LogP contribution is 2.11. The van der Waals surface area contributed by atoms with Crippen LogP contribution in [0.25, 0.3) is 5.95 Å². The van der Waals surface area contributed by atoms with Crippen LogP contribution in [0.15, 0.2) is 12.7 Å². The number of nitrogens with zero attached hydrogens (tertiary/aromatic N) is 8. The SMILES string of the molecule is CNc1nc(N(C)CC(=O)N(C)C)nc(-n2cncn2)n1. The highest BCUT2D eigenvalue weighted by molar-refractivity contribution is 5.80. The Hall–Kier alpha value is -2.78. The summed E-state index contributed by atoms with van der Waals surface area (Å²) in [5, 5.41) is 6.84. The summed E-state index contributed by atoms with van der Waals surface area (Å²) in [5.74, 6) is 1.03. The first-order valence-electron chi connectivity index (χ1n) is 6.21. The molecular formula is C11H17N9O. The van der Waals surface area contributed by atoms with Crippen molar-refractivity contribution in [2.75, 3.05) is 45.0 Å². The maximum Gasteiger partial charge on any atom is 0.258 e. The van der Waals surface area contributed by atoms with Crippen LogP contribution < -0.4 is 10.2 Å². The van der Waals surface area contributed by atoms with Gasteiger partial charge in [-0.3, -0.25) is 4.79 Å². The molecule has 2 rings (SSSR count). The molecule has 2 heterocycles. The maximum absolute atomic E-state index is 11.8. The molecule has 0 saturated heterocycles. The Morgan fingerprint density at radius 1 is 1.29 bits per heavy atom. The Kier molecular flexibility index (Phi) is 4.26. The van der Waals surface area contributed by atoms with E-state index < -0.39 is 0 Å². The first-order valence-corrected chi connectivity index (χ1v) is 6.21. The van der Waals surface area contributed by atoms with Gasteiger partial charge in [0.05, 0.1) is 6.54 Å². The van der Waals surface area contributed by atoms with Gasteiger partial charge in [-0.25, -0.2) is 4.98 Å². The molecule has 0 aliphatic carbocycles. The third kappa shape index (κ3) is 3.41. The van der Waals surface area contributed by atoms with E-state index in [0.29, 0.717) is 17.8 Å². The fraction of sp³-hybridized carbons (Fsp3) is 0.455. The summed E-state index contributed by atoms with van der Waals surface area (Å²) in [6.45, 7) is 0.164. The third-order valence-electron chi connectivity index (χ3n) is 2.67.